The molecule has 1 heterocycles. The van der Waals surface area contributed by atoms with E-state index in [2.05, 4.69) is 19.9 Å². The van der Waals surface area contributed by atoms with Gasteiger partial charge in [-0.2, -0.15) is 5.26 Å². The van der Waals surface area contributed by atoms with Gasteiger partial charge in [-0.25, -0.2) is 0 Å². The summed E-state index contributed by atoms with van der Waals surface area (Å²) in [7, 11) is 1.63. The quantitative estimate of drug-likeness (QED) is 0.651. The van der Waals surface area contributed by atoms with Crippen molar-refractivity contribution in [2.45, 2.75) is 39.2 Å². The Labute approximate surface area is 201 Å². The summed E-state index contributed by atoms with van der Waals surface area (Å²) in [5.74, 6) is 0.518. The highest BCUT2D eigenvalue weighted by atomic mass is 16.5. The van der Waals surface area contributed by atoms with Crippen molar-refractivity contribution in [1.82, 2.24) is 4.90 Å². The number of benzene rings is 2. The minimum absolute atomic E-state index is 0.0526. The summed E-state index contributed by atoms with van der Waals surface area (Å²) >= 11 is 0. The fourth-order valence-corrected chi connectivity index (χ4v) is 4.91. The number of nitrogens with two attached hydrogens (primary N) is 1. The molecule has 4 rings (SSSR count). The van der Waals surface area contributed by atoms with Crippen LogP contribution in [0.25, 0.3) is 0 Å². The van der Waals surface area contributed by atoms with Crippen molar-refractivity contribution in [3.63, 3.8) is 0 Å². The molecule has 0 amide bonds. The highest BCUT2D eigenvalue weighted by Gasteiger charge is 2.44. The lowest BCUT2D eigenvalue weighted by Crippen LogP contribution is -2.43. The van der Waals surface area contributed by atoms with E-state index in [1.54, 1.807) is 7.11 Å². The van der Waals surface area contributed by atoms with Crippen molar-refractivity contribution in [2.24, 2.45) is 11.1 Å². The van der Waals surface area contributed by atoms with E-state index in [0.717, 1.165) is 16.8 Å². The highest BCUT2D eigenvalue weighted by molar-refractivity contribution is 6.00. The van der Waals surface area contributed by atoms with Gasteiger partial charge in [0.25, 0.3) is 0 Å². The molecule has 6 heteroatoms. The Morgan fingerprint density at radius 2 is 1.82 bits per heavy atom. The second kappa shape index (κ2) is 9.74. The fraction of sp³-hybridized carbons (Fsp3) is 0.357. The van der Waals surface area contributed by atoms with Crippen molar-refractivity contribution in [1.29, 1.82) is 5.26 Å². The number of nitriles is 1. The van der Waals surface area contributed by atoms with E-state index in [-0.39, 0.29) is 11.2 Å². The largest absolute Gasteiger partial charge is 0.489 e. The Hall–Kier alpha value is -3.56. The molecule has 0 saturated carbocycles. The maximum Gasteiger partial charge on any atom is 0.162 e. The molecule has 2 N–H and O–H groups in total. The molecule has 176 valence electrons. The van der Waals surface area contributed by atoms with Crippen molar-refractivity contribution in [3.8, 4) is 11.8 Å². The van der Waals surface area contributed by atoms with Gasteiger partial charge in [0.15, 0.2) is 5.78 Å². The van der Waals surface area contributed by atoms with Gasteiger partial charge in [-0.1, -0.05) is 62.4 Å². The number of ketones is 1. The predicted octanol–water partition coefficient (Wildman–Crippen LogP) is 4.65. The van der Waals surface area contributed by atoms with E-state index in [1.165, 1.54) is 0 Å². The van der Waals surface area contributed by atoms with Crippen LogP contribution in [0.3, 0.4) is 0 Å². The van der Waals surface area contributed by atoms with Crippen LogP contribution in [0.1, 0.15) is 43.7 Å². The van der Waals surface area contributed by atoms with Crippen LogP contribution in [0, 0.1) is 16.7 Å². The lowest BCUT2D eigenvalue weighted by Gasteiger charge is -2.44. The molecule has 0 fully saturated rings. The van der Waals surface area contributed by atoms with Crippen molar-refractivity contribution in [3.05, 3.63) is 88.4 Å². The first kappa shape index (κ1) is 23.6. The lowest BCUT2D eigenvalue weighted by atomic mass is 9.68. The van der Waals surface area contributed by atoms with E-state index in [0.29, 0.717) is 55.3 Å². The molecule has 0 spiro atoms. The van der Waals surface area contributed by atoms with Gasteiger partial charge in [0.2, 0.25) is 0 Å². The Morgan fingerprint density at radius 1 is 1.12 bits per heavy atom. The Balaban J connectivity index is 1.82. The molecule has 1 aliphatic carbocycles. The molecule has 0 radical (unpaired) electrons. The van der Waals surface area contributed by atoms with Gasteiger partial charge in [0.05, 0.1) is 24.2 Å². The van der Waals surface area contributed by atoms with E-state index in [1.807, 2.05) is 59.5 Å². The maximum atomic E-state index is 13.6. The van der Waals surface area contributed by atoms with Gasteiger partial charge in [-0.15, -0.1) is 0 Å². The second-order valence-electron chi connectivity index (χ2n) is 9.60. The number of para-hydroxylation sites is 1. The van der Waals surface area contributed by atoms with Crippen LogP contribution in [-0.4, -0.2) is 30.9 Å². The van der Waals surface area contributed by atoms with Crippen LogP contribution in [0.4, 0.5) is 0 Å². The molecular weight excluding hydrogens is 426 g/mol. The lowest BCUT2D eigenvalue weighted by molar-refractivity contribution is -0.118. The summed E-state index contributed by atoms with van der Waals surface area (Å²) in [5.41, 5.74) is 10.1. The Morgan fingerprint density at radius 3 is 2.53 bits per heavy atom. The third-order valence-corrected chi connectivity index (χ3v) is 6.47. The molecule has 2 aromatic rings. The van der Waals surface area contributed by atoms with Gasteiger partial charge in [-0.3, -0.25) is 4.79 Å². The first-order valence-corrected chi connectivity index (χ1v) is 11.5. The van der Waals surface area contributed by atoms with Crippen molar-refractivity contribution < 1.29 is 14.3 Å². The van der Waals surface area contributed by atoms with Crippen molar-refractivity contribution >= 4 is 5.78 Å². The zero-order chi connectivity index (χ0) is 24.3. The van der Waals surface area contributed by atoms with Gasteiger partial charge in [-0.05, 0) is 23.5 Å². The summed E-state index contributed by atoms with van der Waals surface area (Å²) in [6, 6.07) is 19.8. The fourth-order valence-electron chi connectivity index (χ4n) is 4.91. The molecule has 2 aromatic carbocycles. The third kappa shape index (κ3) is 4.57. The summed E-state index contributed by atoms with van der Waals surface area (Å²) in [6.07, 6.45) is 1.12. The summed E-state index contributed by atoms with van der Waals surface area (Å²) < 4.78 is 11.5. The smallest absolute Gasteiger partial charge is 0.162 e. The second-order valence-corrected chi connectivity index (χ2v) is 9.60. The molecule has 1 atom stereocenters. The minimum atomic E-state index is -0.561. The molecule has 6 nitrogen and oxygen atoms in total. The van der Waals surface area contributed by atoms with Gasteiger partial charge >= 0.3 is 0 Å². The number of rotatable bonds is 7. The number of allylic oxidation sites excluding steroid dienone is 3. The molecule has 34 heavy (non-hydrogen) atoms. The SMILES string of the molecule is COCCN1C(N)=C(C#N)[C@H](c2ccccc2OCc2ccccc2)C2=C1CC(C)(C)CC2=O. The molecule has 0 saturated heterocycles. The number of hydrogen-bond donors (Lipinski definition) is 1. The molecular formula is C28H31N3O3. The molecule has 1 aliphatic heterocycles. The van der Waals surface area contributed by atoms with E-state index >= 15 is 0 Å². The van der Waals surface area contributed by atoms with Crippen molar-refractivity contribution in [2.75, 3.05) is 20.3 Å². The molecule has 2 aliphatic rings. The van der Waals surface area contributed by atoms with Gasteiger partial charge in [0.1, 0.15) is 18.2 Å². The molecule has 0 aromatic heterocycles. The minimum Gasteiger partial charge on any atom is -0.489 e. The standard InChI is InChI=1S/C28H31N3O3/c1-28(2)15-22-26(23(32)16-28)25(21(17-29)27(30)31(22)13-14-33-3)20-11-7-8-12-24(20)34-18-19-9-5-4-6-10-19/h4-12,25H,13-16,18,30H2,1-3H3/t25-/m0/s1. The third-order valence-electron chi connectivity index (χ3n) is 6.47. The van der Waals surface area contributed by atoms with E-state index in [4.69, 9.17) is 15.2 Å². The highest BCUT2D eigenvalue weighted by Crippen LogP contribution is 2.50. The van der Waals surface area contributed by atoms with Gasteiger partial charge < -0.3 is 20.1 Å². The normalized spacial score (nSPS) is 19.6. The average Bonchev–Trinajstić information content (AvgIpc) is 2.82. The van der Waals surface area contributed by atoms with Crippen LogP contribution in [0.15, 0.2) is 77.3 Å². The number of methoxy groups -OCH3 is 1. The van der Waals surface area contributed by atoms with Gasteiger partial charge in [0, 0.05) is 36.9 Å². The zero-order valence-corrected chi connectivity index (χ0v) is 20.0. The maximum absolute atomic E-state index is 13.6. The molecule has 0 unspecified atom stereocenters. The number of nitrogens with zero attached hydrogens (tertiary/aromatic N) is 2. The van der Waals surface area contributed by atoms with Crippen LogP contribution in [-0.2, 0) is 16.1 Å². The number of Topliss-reactive ketones (excluding diaryl/α,β-unsaturated/α-hetero) is 1. The van der Waals surface area contributed by atoms with Crippen LogP contribution >= 0.6 is 0 Å². The summed E-state index contributed by atoms with van der Waals surface area (Å²) in [6.45, 7) is 5.49. The zero-order valence-electron chi connectivity index (χ0n) is 20.0. The Kier molecular flexibility index (Phi) is 6.76. The Bertz CT molecular complexity index is 1170. The summed E-state index contributed by atoms with van der Waals surface area (Å²) in [4.78, 5) is 15.5. The number of carbonyl (C=O) groups is 1. The number of carbonyl (C=O) groups excluding carboxylic acids is 1. The summed E-state index contributed by atoms with van der Waals surface area (Å²) in [5, 5.41) is 10.2. The van der Waals surface area contributed by atoms with E-state index in [9.17, 15) is 10.1 Å². The first-order chi connectivity index (χ1) is 16.4. The molecule has 0 bridgehead atoms. The monoisotopic (exact) mass is 457 g/mol. The van der Waals surface area contributed by atoms with Crippen LogP contribution < -0.4 is 10.5 Å². The first-order valence-electron chi connectivity index (χ1n) is 11.5. The number of hydrogen-bond acceptors (Lipinski definition) is 6. The average molecular weight is 458 g/mol. The predicted molar refractivity (Wildman–Crippen MR) is 130 cm³/mol. The van der Waals surface area contributed by atoms with Crippen LogP contribution in [0.5, 0.6) is 5.75 Å². The topological polar surface area (TPSA) is 88.6 Å². The number of ether oxygens (including phenoxy) is 2. The van der Waals surface area contributed by atoms with E-state index < -0.39 is 5.92 Å². The van der Waals surface area contributed by atoms with Crippen LogP contribution in [0.2, 0.25) is 0 Å².